The highest BCUT2D eigenvalue weighted by Crippen LogP contribution is 2.14. The zero-order valence-electron chi connectivity index (χ0n) is 41.7. The van der Waals surface area contributed by atoms with E-state index in [1.807, 2.05) is 47.8 Å². The molecule has 0 heterocycles. The van der Waals surface area contributed by atoms with E-state index in [1.165, 1.54) is 154 Å². The van der Waals surface area contributed by atoms with E-state index in [-0.39, 0.29) is 49.8 Å². The zero-order valence-corrected chi connectivity index (χ0v) is 41.7. The van der Waals surface area contributed by atoms with Gasteiger partial charge in [-0.1, -0.05) is 181 Å². The molecule has 0 aliphatic carbocycles. The van der Waals surface area contributed by atoms with Gasteiger partial charge in [0.2, 0.25) is 23.6 Å². The van der Waals surface area contributed by atoms with Gasteiger partial charge in [0.1, 0.15) is 0 Å². The summed E-state index contributed by atoms with van der Waals surface area (Å²) in [6.07, 6.45) is 36.1. The standard InChI is InChI=1S/C50H102N8O4/c1-7-9-11-13-15-17-19-21-23-25-27-29-31-33-35-51-47(59)43-57(45-49(61)53-37-39-55(3)4)41-42-58(46-50(62)54-38-40-56(5)6)44-48(60)52-36-34-32-30-28-26-24-22-20-18-16-14-12-10-8-2/h7-46H2,1-6H3,(H,51,59)(H,52,60)(H,53,61)(H,54,62). The molecule has 0 aliphatic rings. The summed E-state index contributed by atoms with van der Waals surface area (Å²) in [6.45, 7) is 9.27. The van der Waals surface area contributed by atoms with Gasteiger partial charge in [-0.25, -0.2) is 0 Å². The van der Waals surface area contributed by atoms with Gasteiger partial charge >= 0.3 is 0 Å². The van der Waals surface area contributed by atoms with Gasteiger partial charge in [0.25, 0.3) is 0 Å². The smallest absolute Gasteiger partial charge is 0.234 e. The van der Waals surface area contributed by atoms with Crippen molar-refractivity contribution in [3.63, 3.8) is 0 Å². The van der Waals surface area contributed by atoms with E-state index >= 15 is 0 Å². The Morgan fingerprint density at radius 3 is 0.726 bits per heavy atom. The van der Waals surface area contributed by atoms with E-state index in [0.717, 1.165) is 38.8 Å². The highest BCUT2D eigenvalue weighted by Gasteiger charge is 2.19. The van der Waals surface area contributed by atoms with Crippen LogP contribution < -0.4 is 21.3 Å². The zero-order chi connectivity index (χ0) is 45.7. The number of hydrogen-bond acceptors (Lipinski definition) is 8. The van der Waals surface area contributed by atoms with Crippen LogP contribution in [0.1, 0.15) is 194 Å². The average Bonchev–Trinajstić information content (AvgIpc) is 3.22. The van der Waals surface area contributed by atoms with Crippen LogP contribution in [0, 0.1) is 0 Å². The second-order valence-corrected chi connectivity index (χ2v) is 18.6. The molecule has 0 spiro atoms. The number of rotatable bonds is 47. The first-order valence-electron chi connectivity index (χ1n) is 25.9. The van der Waals surface area contributed by atoms with Crippen molar-refractivity contribution in [3.8, 4) is 0 Å². The van der Waals surface area contributed by atoms with Crippen molar-refractivity contribution < 1.29 is 19.2 Å². The number of amides is 4. The van der Waals surface area contributed by atoms with E-state index in [9.17, 15) is 19.2 Å². The number of carbonyl (C=O) groups is 4. The van der Waals surface area contributed by atoms with Crippen molar-refractivity contribution in [2.75, 3.05) is 107 Å². The molecule has 12 nitrogen and oxygen atoms in total. The van der Waals surface area contributed by atoms with E-state index in [2.05, 4.69) is 35.1 Å². The van der Waals surface area contributed by atoms with Gasteiger partial charge < -0.3 is 31.1 Å². The van der Waals surface area contributed by atoms with Crippen LogP contribution in [0.2, 0.25) is 0 Å². The van der Waals surface area contributed by atoms with Crippen LogP contribution >= 0.6 is 0 Å². The number of nitrogens with zero attached hydrogens (tertiary/aromatic N) is 4. The summed E-state index contributed by atoms with van der Waals surface area (Å²) in [4.78, 5) is 59.9. The van der Waals surface area contributed by atoms with Crippen LogP contribution in [-0.2, 0) is 19.2 Å². The minimum absolute atomic E-state index is 0.0634. The van der Waals surface area contributed by atoms with Crippen LogP contribution in [0.3, 0.4) is 0 Å². The van der Waals surface area contributed by atoms with E-state index < -0.39 is 0 Å². The minimum atomic E-state index is -0.148. The Morgan fingerprint density at radius 2 is 0.500 bits per heavy atom. The molecule has 0 aliphatic heterocycles. The molecule has 0 aromatic rings. The molecular formula is C50H102N8O4. The predicted octanol–water partition coefficient (Wildman–Crippen LogP) is 8.14. The molecular weight excluding hydrogens is 777 g/mol. The average molecular weight is 879 g/mol. The highest BCUT2D eigenvalue weighted by molar-refractivity contribution is 5.82. The Labute approximate surface area is 383 Å². The van der Waals surface area contributed by atoms with Gasteiger partial charge in [0.15, 0.2) is 0 Å². The van der Waals surface area contributed by atoms with Crippen LogP contribution in [0.25, 0.3) is 0 Å². The predicted molar refractivity (Wildman–Crippen MR) is 263 cm³/mol. The molecule has 366 valence electrons. The molecule has 0 saturated heterocycles. The monoisotopic (exact) mass is 879 g/mol. The lowest BCUT2D eigenvalue weighted by Gasteiger charge is -2.27. The summed E-state index contributed by atoms with van der Waals surface area (Å²) >= 11 is 0. The lowest BCUT2D eigenvalue weighted by Crippen LogP contribution is -2.49. The lowest BCUT2D eigenvalue weighted by atomic mass is 10.0. The summed E-state index contributed by atoms with van der Waals surface area (Å²) in [5.41, 5.74) is 0. The van der Waals surface area contributed by atoms with Crippen LogP contribution in [0.15, 0.2) is 0 Å². The molecule has 4 amide bonds. The van der Waals surface area contributed by atoms with Gasteiger partial charge in [-0.2, -0.15) is 0 Å². The third-order valence-corrected chi connectivity index (χ3v) is 11.7. The fourth-order valence-electron chi connectivity index (χ4n) is 7.68. The summed E-state index contributed by atoms with van der Waals surface area (Å²) in [7, 11) is 7.84. The molecule has 0 bridgehead atoms. The third-order valence-electron chi connectivity index (χ3n) is 11.7. The molecule has 0 unspecified atom stereocenters. The summed E-state index contributed by atoms with van der Waals surface area (Å²) < 4.78 is 0. The molecule has 0 saturated carbocycles. The quantitative estimate of drug-likeness (QED) is 0.0452. The maximum atomic E-state index is 13.1. The molecule has 12 heteroatoms. The molecule has 0 aromatic heterocycles. The van der Waals surface area contributed by atoms with Crippen molar-refractivity contribution >= 4 is 23.6 Å². The number of nitrogens with one attached hydrogen (secondary N) is 4. The maximum absolute atomic E-state index is 13.1. The normalized spacial score (nSPS) is 11.6. The lowest BCUT2D eigenvalue weighted by molar-refractivity contribution is -0.128. The van der Waals surface area contributed by atoms with Gasteiger partial charge in [-0.15, -0.1) is 0 Å². The van der Waals surface area contributed by atoms with Crippen molar-refractivity contribution in [3.05, 3.63) is 0 Å². The number of hydrogen-bond donors (Lipinski definition) is 4. The number of unbranched alkanes of at least 4 members (excludes halogenated alkanes) is 26. The molecule has 0 fully saturated rings. The largest absolute Gasteiger partial charge is 0.355 e. The third kappa shape index (κ3) is 44.3. The van der Waals surface area contributed by atoms with Gasteiger partial charge in [-0.05, 0) is 41.0 Å². The summed E-state index contributed by atoms with van der Waals surface area (Å²) in [5.74, 6) is -0.518. The van der Waals surface area contributed by atoms with Crippen LogP contribution in [0.5, 0.6) is 0 Å². The Balaban J connectivity index is 4.85. The summed E-state index contributed by atoms with van der Waals surface area (Å²) in [5, 5.41) is 12.1. The Morgan fingerprint density at radius 1 is 0.290 bits per heavy atom. The molecule has 4 N–H and O–H groups in total. The molecule has 62 heavy (non-hydrogen) atoms. The first-order valence-corrected chi connectivity index (χ1v) is 25.9. The minimum Gasteiger partial charge on any atom is -0.355 e. The molecule has 0 atom stereocenters. The van der Waals surface area contributed by atoms with E-state index in [1.54, 1.807) is 0 Å². The first kappa shape index (κ1) is 59.7. The van der Waals surface area contributed by atoms with Crippen molar-refractivity contribution in [1.82, 2.24) is 40.9 Å². The van der Waals surface area contributed by atoms with Crippen LogP contribution in [0.4, 0.5) is 0 Å². The van der Waals surface area contributed by atoms with Crippen molar-refractivity contribution in [1.29, 1.82) is 0 Å². The fourth-order valence-corrected chi connectivity index (χ4v) is 7.68. The maximum Gasteiger partial charge on any atom is 0.234 e. The van der Waals surface area contributed by atoms with Crippen molar-refractivity contribution in [2.24, 2.45) is 0 Å². The SMILES string of the molecule is CCCCCCCCCCCCCCCCNC(=O)CN(CCN(CC(=O)NCCCCCCCCCCCCCCCC)CC(=O)NCCN(C)C)CC(=O)NCCN(C)C. The van der Waals surface area contributed by atoms with Crippen molar-refractivity contribution in [2.45, 2.75) is 194 Å². The second-order valence-electron chi connectivity index (χ2n) is 18.6. The molecule has 0 radical (unpaired) electrons. The molecule has 0 aromatic carbocycles. The molecule has 0 rings (SSSR count). The fraction of sp³-hybridized carbons (Fsp3) is 0.920. The number of likely N-dealkylation sites (N-methyl/N-ethyl adjacent to an activating group) is 2. The topological polar surface area (TPSA) is 129 Å². The first-order chi connectivity index (χ1) is 30.1. The Bertz CT molecular complexity index is 966. The van der Waals surface area contributed by atoms with Gasteiger partial charge in [0, 0.05) is 52.4 Å². The van der Waals surface area contributed by atoms with Gasteiger partial charge in [-0.3, -0.25) is 29.0 Å². The van der Waals surface area contributed by atoms with Gasteiger partial charge in [0.05, 0.1) is 26.2 Å². The van der Waals surface area contributed by atoms with E-state index in [4.69, 9.17) is 0 Å². The van der Waals surface area contributed by atoms with E-state index in [0.29, 0.717) is 39.3 Å². The Kier molecular flexibility index (Phi) is 43.6. The Hall–Kier alpha value is -2.28. The van der Waals surface area contributed by atoms with Crippen LogP contribution in [-0.4, -0.2) is 150 Å². The highest BCUT2D eigenvalue weighted by atomic mass is 16.2. The second kappa shape index (κ2) is 45.3. The number of carbonyl (C=O) groups excluding carboxylic acids is 4. The summed E-state index contributed by atoms with van der Waals surface area (Å²) in [6, 6.07) is 0.